The van der Waals surface area contributed by atoms with Crippen LogP contribution in [0.2, 0.25) is 0 Å². The first-order valence-electron chi connectivity index (χ1n) is 12.1. The summed E-state index contributed by atoms with van der Waals surface area (Å²) in [4.78, 5) is 34.7. The molecule has 0 fully saturated rings. The molecular formula is C25H38BrN5O8S. The molecular weight excluding hydrogens is 610 g/mol. The molecule has 0 aliphatic rings. The number of carbonyl (C=O) groups is 2. The van der Waals surface area contributed by atoms with E-state index in [9.17, 15) is 13.8 Å². The number of nitrogens with two attached hydrogens (primary N) is 1. The highest BCUT2D eigenvalue weighted by Gasteiger charge is 2.23. The molecule has 15 heteroatoms. The van der Waals surface area contributed by atoms with E-state index in [1.54, 1.807) is 27.8 Å². The average Bonchev–Trinajstić information content (AvgIpc) is 2.86. The van der Waals surface area contributed by atoms with Gasteiger partial charge in [0.25, 0.3) is 5.91 Å². The average molecular weight is 649 g/mol. The Labute approximate surface area is 245 Å². The zero-order chi connectivity index (χ0) is 30.3. The van der Waals surface area contributed by atoms with Crippen LogP contribution >= 0.6 is 15.9 Å². The molecule has 0 spiro atoms. The normalized spacial score (nSPS) is 12.7. The number of carbonyl (C=O) groups excluding carboxylic acids is 2. The molecule has 0 aliphatic heterocycles. The van der Waals surface area contributed by atoms with Crippen molar-refractivity contribution in [1.29, 1.82) is 0 Å². The highest BCUT2D eigenvalue weighted by Crippen LogP contribution is 2.19. The molecule has 3 N–H and O–H groups in total. The summed E-state index contributed by atoms with van der Waals surface area (Å²) in [6.07, 6.45) is 3.61. The molecule has 0 saturated heterocycles. The number of amides is 2. The standard InChI is InChI=1S/C25H38BrN5O8S/c1-8-18(29-23(32)20-22(27)28-15-19(26)30-20)21(17(2)16-31(6)24(33)39-25(3,4)5)37-13-11-35-9-10-36-12-14-38-40(7)34/h8,15H,1-2,9-14,16H2,3-7H3,(H2,27,28)(H,29,32)/b21-18-. The lowest BCUT2D eigenvalue weighted by molar-refractivity contribution is 0.0205. The summed E-state index contributed by atoms with van der Waals surface area (Å²) < 4.78 is 38.2. The Morgan fingerprint density at radius 3 is 2.35 bits per heavy atom. The fourth-order valence-corrected chi connectivity index (χ4v) is 3.38. The van der Waals surface area contributed by atoms with Gasteiger partial charge < -0.3 is 34.9 Å². The van der Waals surface area contributed by atoms with Crippen LogP contribution in [-0.2, 0) is 34.2 Å². The van der Waals surface area contributed by atoms with Gasteiger partial charge in [0.15, 0.2) is 22.6 Å². The minimum absolute atomic E-state index is 0.0234. The van der Waals surface area contributed by atoms with Crippen molar-refractivity contribution in [3.63, 3.8) is 0 Å². The van der Waals surface area contributed by atoms with E-state index in [1.165, 1.54) is 23.4 Å². The first-order chi connectivity index (χ1) is 18.7. The lowest BCUT2D eigenvalue weighted by atomic mass is 10.1. The van der Waals surface area contributed by atoms with Crippen LogP contribution in [0, 0.1) is 0 Å². The van der Waals surface area contributed by atoms with Gasteiger partial charge in [-0.2, -0.15) is 0 Å². The highest BCUT2D eigenvalue weighted by atomic mass is 79.9. The van der Waals surface area contributed by atoms with Crippen LogP contribution in [0.3, 0.4) is 0 Å². The molecule has 1 unspecified atom stereocenters. The van der Waals surface area contributed by atoms with Crippen LogP contribution in [0.4, 0.5) is 10.6 Å². The Morgan fingerprint density at radius 2 is 1.77 bits per heavy atom. The van der Waals surface area contributed by atoms with Gasteiger partial charge in [-0.05, 0) is 42.8 Å². The molecule has 1 heterocycles. The van der Waals surface area contributed by atoms with Crippen molar-refractivity contribution in [1.82, 2.24) is 20.2 Å². The van der Waals surface area contributed by atoms with E-state index in [1.807, 2.05) is 0 Å². The van der Waals surface area contributed by atoms with Gasteiger partial charge >= 0.3 is 6.09 Å². The molecule has 40 heavy (non-hydrogen) atoms. The third kappa shape index (κ3) is 14.0. The molecule has 2 amide bonds. The number of likely N-dealkylation sites (N-methyl/N-ethyl adjacent to an activating group) is 1. The summed E-state index contributed by atoms with van der Waals surface area (Å²) in [5.41, 5.74) is 5.55. The maximum absolute atomic E-state index is 12.9. The Bertz CT molecular complexity index is 1090. The van der Waals surface area contributed by atoms with Crippen LogP contribution in [0.1, 0.15) is 31.3 Å². The fourth-order valence-electron chi connectivity index (χ4n) is 2.79. The first-order valence-corrected chi connectivity index (χ1v) is 14.4. The van der Waals surface area contributed by atoms with E-state index in [0.717, 1.165) is 0 Å². The lowest BCUT2D eigenvalue weighted by Gasteiger charge is -2.26. The molecule has 0 aromatic carbocycles. The Kier molecular flexibility index (Phi) is 15.6. The molecule has 13 nitrogen and oxygen atoms in total. The number of halogens is 1. The minimum atomic E-state index is -1.34. The van der Waals surface area contributed by atoms with Gasteiger partial charge in [-0.15, -0.1) is 0 Å². The molecule has 224 valence electrons. The van der Waals surface area contributed by atoms with Crippen molar-refractivity contribution in [2.75, 3.05) is 65.2 Å². The van der Waals surface area contributed by atoms with Crippen LogP contribution in [0.5, 0.6) is 0 Å². The predicted molar refractivity (Wildman–Crippen MR) is 154 cm³/mol. The van der Waals surface area contributed by atoms with Crippen molar-refractivity contribution in [2.24, 2.45) is 0 Å². The van der Waals surface area contributed by atoms with Gasteiger partial charge in [-0.1, -0.05) is 13.2 Å². The number of nitrogens with one attached hydrogen (secondary N) is 1. The van der Waals surface area contributed by atoms with E-state index in [-0.39, 0.29) is 62.5 Å². The maximum atomic E-state index is 12.9. The number of nitrogens with zero attached hydrogens (tertiary/aromatic N) is 3. The maximum Gasteiger partial charge on any atom is 0.410 e. The predicted octanol–water partition coefficient (Wildman–Crippen LogP) is 2.73. The van der Waals surface area contributed by atoms with Crippen LogP contribution < -0.4 is 11.1 Å². The van der Waals surface area contributed by atoms with E-state index in [0.29, 0.717) is 16.8 Å². The van der Waals surface area contributed by atoms with Crippen molar-refractivity contribution in [3.05, 3.63) is 52.8 Å². The van der Waals surface area contributed by atoms with Crippen molar-refractivity contribution in [2.45, 2.75) is 26.4 Å². The molecule has 0 bridgehead atoms. The van der Waals surface area contributed by atoms with E-state index < -0.39 is 28.7 Å². The molecule has 0 radical (unpaired) electrons. The molecule has 1 atom stereocenters. The SMILES string of the molecule is C=C/C(NC(=O)c1nc(Br)cnc1N)=C(/OCCOCCOCCOS(C)=O)C(=C)CN(C)C(=O)OC(C)(C)C. The van der Waals surface area contributed by atoms with Crippen molar-refractivity contribution < 1.29 is 36.9 Å². The number of rotatable bonds is 17. The van der Waals surface area contributed by atoms with Crippen LogP contribution in [0.25, 0.3) is 0 Å². The number of hydrogen-bond donors (Lipinski definition) is 2. The number of nitrogen functional groups attached to an aromatic ring is 1. The van der Waals surface area contributed by atoms with E-state index in [2.05, 4.69) is 44.4 Å². The van der Waals surface area contributed by atoms with E-state index >= 15 is 0 Å². The van der Waals surface area contributed by atoms with Crippen LogP contribution in [-0.4, -0.2) is 96.2 Å². The zero-order valence-electron chi connectivity index (χ0n) is 23.5. The van der Waals surface area contributed by atoms with Gasteiger partial charge in [-0.3, -0.25) is 8.98 Å². The number of ether oxygens (including phenoxy) is 4. The summed E-state index contributed by atoms with van der Waals surface area (Å²) in [7, 11) is 1.55. The van der Waals surface area contributed by atoms with Gasteiger partial charge in [-0.25, -0.2) is 19.0 Å². The third-order valence-electron chi connectivity index (χ3n) is 4.46. The Hall–Kier alpha value is -2.85. The van der Waals surface area contributed by atoms with Crippen molar-refractivity contribution in [3.8, 4) is 0 Å². The third-order valence-corrected chi connectivity index (χ3v) is 5.34. The smallest absolute Gasteiger partial charge is 0.410 e. The molecule has 0 aliphatic carbocycles. The number of allylic oxidation sites excluding steroid dienone is 1. The van der Waals surface area contributed by atoms with Gasteiger partial charge in [0.1, 0.15) is 22.6 Å². The quantitative estimate of drug-likeness (QED) is 0.145. The lowest BCUT2D eigenvalue weighted by Crippen LogP contribution is -2.36. The summed E-state index contributed by atoms with van der Waals surface area (Å²) in [6, 6.07) is 0. The zero-order valence-corrected chi connectivity index (χ0v) is 25.9. The molecule has 1 aromatic heterocycles. The van der Waals surface area contributed by atoms with Gasteiger partial charge in [0.2, 0.25) is 0 Å². The minimum Gasteiger partial charge on any atom is -0.489 e. The topological polar surface area (TPSA) is 164 Å². The summed E-state index contributed by atoms with van der Waals surface area (Å²) in [5, 5.41) is 2.67. The van der Waals surface area contributed by atoms with Gasteiger partial charge in [0.05, 0.1) is 51.5 Å². The van der Waals surface area contributed by atoms with Crippen LogP contribution in [0.15, 0.2) is 47.1 Å². The highest BCUT2D eigenvalue weighted by molar-refractivity contribution is 9.10. The number of aromatic nitrogens is 2. The summed E-state index contributed by atoms with van der Waals surface area (Å²) in [5.74, 6) is -0.551. The number of hydrogen-bond acceptors (Lipinski definition) is 11. The summed E-state index contributed by atoms with van der Waals surface area (Å²) in [6.45, 7) is 14.5. The molecule has 0 saturated carbocycles. The first kappa shape index (κ1) is 35.2. The largest absolute Gasteiger partial charge is 0.489 e. The van der Waals surface area contributed by atoms with Gasteiger partial charge in [0, 0.05) is 18.9 Å². The second-order valence-electron chi connectivity index (χ2n) is 9.06. The Morgan fingerprint density at radius 1 is 1.18 bits per heavy atom. The second-order valence-corrected chi connectivity index (χ2v) is 10.9. The summed E-state index contributed by atoms with van der Waals surface area (Å²) >= 11 is 1.83. The number of anilines is 1. The van der Waals surface area contributed by atoms with E-state index in [4.69, 9.17) is 28.9 Å². The monoisotopic (exact) mass is 647 g/mol. The second kappa shape index (κ2) is 17.8. The Balaban J connectivity index is 2.93. The molecule has 1 aromatic rings. The molecule has 1 rings (SSSR count). The fraction of sp³-hybridized carbons (Fsp3) is 0.520. The van der Waals surface area contributed by atoms with Crippen molar-refractivity contribution >= 4 is 44.8 Å².